The van der Waals surface area contributed by atoms with Gasteiger partial charge in [-0.3, -0.25) is 0 Å². The lowest BCUT2D eigenvalue weighted by atomic mass is 10.0. The molecule has 7 heteroatoms. The molecule has 5 nitrogen and oxygen atoms in total. The maximum Gasteiger partial charge on any atom is 0.506 e. The summed E-state index contributed by atoms with van der Waals surface area (Å²) in [5, 5.41) is -0.530. The number of ether oxygens (including phenoxy) is 1. The highest BCUT2D eigenvalue weighted by Crippen LogP contribution is 2.41. The molecule has 0 N–H and O–H groups in total. The molecule has 0 aliphatic carbocycles. The predicted octanol–water partition coefficient (Wildman–Crippen LogP) is 4.48. The highest BCUT2D eigenvalue weighted by atomic mass is 32.2. The fraction of sp³-hybridized carbons (Fsp3) is 0.125. The number of thioether (sulfide) groups is 1. The van der Waals surface area contributed by atoms with Gasteiger partial charge in [0, 0.05) is 10.5 Å². The van der Waals surface area contributed by atoms with Gasteiger partial charge in [-0.2, -0.15) is 9.37 Å². The normalized spacial score (nSPS) is 17.6. The van der Waals surface area contributed by atoms with Gasteiger partial charge in [0.25, 0.3) is 0 Å². The molecular formula is C24H18FN2O3S+. The van der Waals surface area contributed by atoms with Crippen molar-refractivity contribution < 1.29 is 23.3 Å². The van der Waals surface area contributed by atoms with Crippen LogP contribution in [-0.2, 0) is 11.3 Å². The van der Waals surface area contributed by atoms with E-state index < -0.39 is 11.3 Å². The molecule has 0 bridgehead atoms. The Morgan fingerprint density at radius 3 is 2.42 bits per heavy atom. The molecule has 3 aromatic rings. The summed E-state index contributed by atoms with van der Waals surface area (Å²) in [6.45, 7) is 0.236. The van der Waals surface area contributed by atoms with Crippen molar-refractivity contribution in [2.45, 2.75) is 16.7 Å². The van der Waals surface area contributed by atoms with Gasteiger partial charge in [-0.25, -0.2) is 9.18 Å². The van der Waals surface area contributed by atoms with Crippen LogP contribution >= 0.6 is 11.8 Å². The van der Waals surface area contributed by atoms with Crippen LogP contribution in [0.3, 0.4) is 0 Å². The van der Waals surface area contributed by atoms with Crippen LogP contribution in [0.4, 0.5) is 14.9 Å². The molecule has 0 radical (unpaired) electrons. The smallest absolute Gasteiger partial charge is 0.497 e. The first kappa shape index (κ1) is 19.5. The van der Waals surface area contributed by atoms with Crippen molar-refractivity contribution in [2.75, 3.05) is 12.0 Å². The van der Waals surface area contributed by atoms with Crippen LogP contribution in [0.25, 0.3) is 0 Å². The summed E-state index contributed by atoms with van der Waals surface area (Å²) in [4.78, 5) is 29.2. The molecule has 154 valence electrons. The lowest BCUT2D eigenvalue weighted by Crippen LogP contribution is -2.55. The predicted molar refractivity (Wildman–Crippen MR) is 116 cm³/mol. The van der Waals surface area contributed by atoms with E-state index in [9.17, 15) is 14.0 Å². The highest BCUT2D eigenvalue weighted by molar-refractivity contribution is 8.02. The Labute approximate surface area is 182 Å². The Kier molecular flexibility index (Phi) is 4.82. The highest BCUT2D eigenvalue weighted by Gasteiger charge is 2.53. The van der Waals surface area contributed by atoms with Crippen LogP contribution in [0, 0.1) is 5.82 Å². The van der Waals surface area contributed by atoms with Gasteiger partial charge in [0.2, 0.25) is 0 Å². The van der Waals surface area contributed by atoms with E-state index in [1.165, 1.54) is 28.8 Å². The number of methoxy groups -OCH3 is 1. The van der Waals surface area contributed by atoms with Gasteiger partial charge in [0.05, 0.1) is 7.11 Å². The molecule has 3 amide bonds. The standard InChI is InChI=1S/C24H18FN2O3S/c1-30-18-12-10-17(11-13-18)27-23(28)22-21(19-4-2-3-5-20(19)31-22)26(24(27)29)14-15-6-8-16(25)9-7-15/h2-13,22H,14H2,1H3/q+1. The number of anilines is 1. The van der Waals surface area contributed by atoms with Gasteiger partial charge >= 0.3 is 11.9 Å². The summed E-state index contributed by atoms with van der Waals surface area (Å²) >= 11 is 1.45. The number of imide groups is 1. The fourth-order valence-electron chi connectivity index (χ4n) is 3.89. The number of hydrogen-bond acceptors (Lipinski definition) is 4. The van der Waals surface area contributed by atoms with Gasteiger partial charge in [-0.15, -0.1) is 16.7 Å². The molecular weight excluding hydrogens is 415 g/mol. The van der Waals surface area contributed by atoms with E-state index in [-0.39, 0.29) is 18.3 Å². The number of hydrogen-bond donors (Lipinski definition) is 0. The summed E-state index contributed by atoms with van der Waals surface area (Å²) < 4.78 is 20.2. The van der Waals surface area contributed by atoms with Gasteiger partial charge in [-0.05, 0) is 54.1 Å². The fourth-order valence-corrected chi connectivity index (χ4v) is 5.17. The number of carbonyl (C=O) groups is 2. The van der Waals surface area contributed by atoms with Crippen molar-refractivity contribution in [2.24, 2.45) is 0 Å². The number of amides is 3. The summed E-state index contributed by atoms with van der Waals surface area (Å²) in [6, 6.07) is 20.2. The van der Waals surface area contributed by atoms with Crippen LogP contribution in [0.1, 0.15) is 11.1 Å². The Balaban J connectivity index is 1.64. The van der Waals surface area contributed by atoms with Gasteiger partial charge < -0.3 is 4.74 Å². The summed E-state index contributed by atoms with van der Waals surface area (Å²) in [6.07, 6.45) is 0. The minimum atomic E-state index is -0.530. The van der Waals surface area contributed by atoms with Crippen LogP contribution in [0.2, 0.25) is 0 Å². The molecule has 0 spiro atoms. The largest absolute Gasteiger partial charge is 0.506 e. The zero-order valence-corrected chi connectivity index (χ0v) is 17.4. The van der Waals surface area contributed by atoms with Crippen molar-refractivity contribution >= 4 is 35.1 Å². The number of halogens is 1. The van der Waals surface area contributed by atoms with E-state index in [1.807, 2.05) is 24.3 Å². The number of nitrogens with zero attached hydrogens (tertiary/aromatic N) is 2. The van der Waals surface area contributed by atoms with E-state index in [4.69, 9.17) is 4.74 Å². The molecule has 31 heavy (non-hydrogen) atoms. The molecule has 0 fully saturated rings. The quantitative estimate of drug-likeness (QED) is 0.570. The van der Waals surface area contributed by atoms with Crippen molar-refractivity contribution in [3.63, 3.8) is 0 Å². The molecule has 3 aromatic carbocycles. The minimum Gasteiger partial charge on any atom is -0.497 e. The lowest BCUT2D eigenvalue weighted by molar-refractivity contribution is -0.444. The molecule has 0 aromatic heterocycles. The average molecular weight is 433 g/mol. The zero-order valence-electron chi connectivity index (χ0n) is 16.6. The molecule has 2 aliphatic rings. The third-order valence-electron chi connectivity index (χ3n) is 5.40. The van der Waals surface area contributed by atoms with Crippen molar-refractivity contribution in [1.82, 2.24) is 0 Å². The van der Waals surface area contributed by atoms with Crippen molar-refractivity contribution in [3.8, 4) is 5.75 Å². The zero-order chi connectivity index (χ0) is 21.5. The second kappa shape index (κ2) is 7.67. The number of benzene rings is 3. The van der Waals surface area contributed by atoms with Crippen LogP contribution < -0.4 is 9.64 Å². The van der Waals surface area contributed by atoms with Crippen molar-refractivity contribution in [3.05, 3.63) is 89.7 Å². The third kappa shape index (κ3) is 3.31. The van der Waals surface area contributed by atoms with Crippen molar-refractivity contribution in [1.29, 1.82) is 0 Å². The van der Waals surface area contributed by atoms with Gasteiger partial charge in [0.1, 0.15) is 29.5 Å². The molecule has 1 unspecified atom stereocenters. The summed E-state index contributed by atoms with van der Waals surface area (Å²) in [5.74, 6) is 0.0245. The Hall–Kier alpha value is -3.45. The molecule has 5 rings (SSSR count). The third-order valence-corrected chi connectivity index (χ3v) is 6.67. The van der Waals surface area contributed by atoms with E-state index >= 15 is 0 Å². The monoisotopic (exact) mass is 433 g/mol. The first-order chi connectivity index (χ1) is 15.1. The van der Waals surface area contributed by atoms with E-state index in [2.05, 4.69) is 0 Å². The molecule has 1 atom stereocenters. The molecule has 2 aliphatic heterocycles. The number of carbonyl (C=O) groups excluding carboxylic acids is 2. The minimum absolute atomic E-state index is 0.236. The molecule has 0 saturated heterocycles. The SMILES string of the molecule is COc1ccc(N2C(=O)C3Sc4ccccc4C3=[N+](Cc3ccc(F)cc3)C2=O)cc1. The summed E-state index contributed by atoms with van der Waals surface area (Å²) in [7, 11) is 1.56. The number of fused-ring (bicyclic) bond motifs is 3. The molecule has 2 heterocycles. The second-order valence-corrected chi connectivity index (χ2v) is 8.39. The number of urea groups is 1. The van der Waals surface area contributed by atoms with Crippen LogP contribution in [0.5, 0.6) is 5.75 Å². The maximum atomic E-state index is 13.6. The number of rotatable bonds is 4. The second-order valence-electron chi connectivity index (χ2n) is 7.25. The van der Waals surface area contributed by atoms with E-state index in [0.717, 1.165) is 16.0 Å². The summed E-state index contributed by atoms with van der Waals surface area (Å²) in [5.41, 5.74) is 2.83. The van der Waals surface area contributed by atoms with E-state index in [1.54, 1.807) is 48.1 Å². The van der Waals surface area contributed by atoms with Gasteiger partial charge in [0.15, 0.2) is 5.25 Å². The topological polar surface area (TPSA) is 49.6 Å². The molecule has 0 saturated carbocycles. The average Bonchev–Trinajstić information content (AvgIpc) is 3.18. The van der Waals surface area contributed by atoms with Gasteiger partial charge in [-0.1, -0.05) is 24.3 Å². The maximum absolute atomic E-state index is 13.6. The van der Waals surface area contributed by atoms with Crippen LogP contribution in [0.15, 0.2) is 77.7 Å². The Morgan fingerprint density at radius 2 is 1.71 bits per heavy atom. The van der Waals surface area contributed by atoms with Crippen LogP contribution in [-0.4, -0.2) is 34.6 Å². The lowest BCUT2D eigenvalue weighted by Gasteiger charge is -2.24. The first-order valence-electron chi connectivity index (χ1n) is 9.73. The first-order valence-corrected chi connectivity index (χ1v) is 10.6. The Bertz CT molecular complexity index is 1220. The Morgan fingerprint density at radius 1 is 1.00 bits per heavy atom. The van der Waals surface area contributed by atoms with E-state index in [0.29, 0.717) is 17.1 Å².